The molecule has 5 nitrogen and oxygen atoms in total. The minimum absolute atomic E-state index is 0.244. The Labute approximate surface area is 195 Å². The number of hydrogen-bond acceptors (Lipinski definition) is 5. The summed E-state index contributed by atoms with van der Waals surface area (Å²) in [7, 11) is 1.64. The van der Waals surface area contributed by atoms with E-state index in [-0.39, 0.29) is 5.91 Å². The summed E-state index contributed by atoms with van der Waals surface area (Å²) in [5.41, 5.74) is 11.4. The number of pyridine rings is 1. The highest BCUT2D eigenvalue weighted by Gasteiger charge is 2.21. The second-order valence-corrected chi connectivity index (χ2v) is 8.49. The van der Waals surface area contributed by atoms with Gasteiger partial charge in [-0.2, -0.15) is 0 Å². The summed E-state index contributed by atoms with van der Waals surface area (Å²) in [6.07, 6.45) is 0. The normalized spacial score (nSPS) is 10.8. The van der Waals surface area contributed by atoms with Crippen molar-refractivity contribution >= 4 is 38.8 Å². The summed E-state index contributed by atoms with van der Waals surface area (Å²) in [6, 6.07) is 29.2. The van der Waals surface area contributed by atoms with E-state index in [0.29, 0.717) is 10.6 Å². The van der Waals surface area contributed by atoms with Gasteiger partial charge in [0.2, 0.25) is 0 Å². The van der Waals surface area contributed by atoms with E-state index in [1.165, 1.54) is 11.3 Å². The molecule has 0 radical (unpaired) electrons. The number of carbonyl (C=O) groups excluding carboxylic acids is 1. The molecular formula is C27H21N3O2S. The number of methoxy groups -OCH3 is 1. The van der Waals surface area contributed by atoms with E-state index in [4.69, 9.17) is 15.5 Å². The minimum atomic E-state index is -0.244. The lowest BCUT2D eigenvalue weighted by molar-refractivity contribution is 0.103. The van der Waals surface area contributed by atoms with Crippen LogP contribution >= 0.6 is 11.3 Å². The summed E-state index contributed by atoms with van der Waals surface area (Å²) < 4.78 is 5.28. The fourth-order valence-electron chi connectivity index (χ4n) is 3.75. The third-order valence-electron chi connectivity index (χ3n) is 5.41. The number of nitrogen functional groups attached to an aromatic ring is 1. The van der Waals surface area contributed by atoms with Gasteiger partial charge in [-0.15, -0.1) is 11.3 Å². The Bertz CT molecular complexity index is 1430. The Kier molecular flexibility index (Phi) is 5.50. The van der Waals surface area contributed by atoms with E-state index in [2.05, 4.69) is 5.32 Å². The van der Waals surface area contributed by atoms with Gasteiger partial charge in [-0.3, -0.25) is 4.79 Å². The lowest BCUT2D eigenvalue weighted by atomic mass is 9.99. The summed E-state index contributed by atoms with van der Waals surface area (Å²) in [4.78, 5) is 19.1. The third-order valence-corrected chi connectivity index (χ3v) is 6.51. The van der Waals surface area contributed by atoms with Crippen molar-refractivity contribution in [1.29, 1.82) is 0 Å². The quantitative estimate of drug-likeness (QED) is 0.321. The number of amides is 1. The van der Waals surface area contributed by atoms with Gasteiger partial charge in [0, 0.05) is 16.6 Å². The standard InChI is InChI=1S/C27H21N3O2S/c1-32-20-14-12-18(13-15-20)22-16-21(17-8-4-2-5-9-17)23-24(28)25(33-27(23)30-22)26(31)29-19-10-6-3-7-11-19/h2-16H,28H2,1H3,(H,29,31). The maximum absolute atomic E-state index is 13.1. The Morgan fingerprint density at radius 2 is 1.58 bits per heavy atom. The second-order valence-electron chi connectivity index (χ2n) is 7.49. The molecule has 6 heteroatoms. The van der Waals surface area contributed by atoms with Crippen LogP contribution in [0.2, 0.25) is 0 Å². The zero-order valence-electron chi connectivity index (χ0n) is 17.9. The maximum atomic E-state index is 13.1. The first-order valence-electron chi connectivity index (χ1n) is 10.4. The number of fused-ring (bicyclic) bond motifs is 1. The van der Waals surface area contributed by atoms with E-state index >= 15 is 0 Å². The molecule has 2 heterocycles. The molecule has 0 bridgehead atoms. The lowest BCUT2D eigenvalue weighted by Crippen LogP contribution is -2.11. The molecule has 0 spiro atoms. The zero-order valence-corrected chi connectivity index (χ0v) is 18.7. The molecule has 5 aromatic rings. The number of ether oxygens (including phenoxy) is 1. The van der Waals surface area contributed by atoms with Crippen molar-refractivity contribution < 1.29 is 9.53 Å². The molecule has 3 N–H and O–H groups in total. The number of nitrogens with two attached hydrogens (primary N) is 1. The van der Waals surface area contributed by atoms with Gasteiger partial charge in [-0.05, 0) is 53.6 Å². The average molecular weight is 452 g/mol. The lowest BCUT2D eigenvalue weighted by Gasteiger charge is -2.09. The van der Waals surface area contributed by atoms with E-state index in [1.807, 2.05) is 91.0 Å². The number of nitrogens with zero attached hydrogens (tertiary/aromatic N) is 1. The Morgan fingerprint density at radius 1 is 0.909 bits per heavy atom. The monoisotopic (exact) mass is 451 g/mol. The fourth-order valence-corrected chi connectivity index (χ4v) is 4.77. The van der Waals surface area contributed by atoms with Crippen molar-refractivity contribution in [2.24, 2.45) is 0 Å². The number of anilines is 2. The summed E-state index contributed by atoms with van der Waals surface area (Å²) in [5.74, 6) is 0.537. The molecule has 0 fully saturated rings. The topological polar surface area (TPSA) is 77.2 Å². The van der Waals surface area contributed by atoms with Crippen molar-refractivity contribution in [2.75, 3.05) is 18.2 Å². The molecule has 0 saturated carbocycles. The number of hydrogen-bond donors (Lipinski definition) is 2. The molecule has 2 aromatic heterocycles. The highest BCUT2D eigenvalue weighted by atomic mass is 32.1. The molecule has 33 heavy (non-hydrogen) atoms. The van der Waals surface area contributed by atoms with Crippen LogP contribution < -0.4 is 15.8 Å². The van der Waals surface area contributed by atoms with Crippen molar-refractivity contribution in [2.45, 2.75) is 0 Å². The molecule has 1 amide bonds. The molecule has 162 valence electrons. The van der Waals surface area contributed by atoms with Crippen LogP contribution in [0.1, 0.15) is 9.67 Å². The third kappa shape index (κ3) is 4.04. The van der Waals surface area contributed by atoms with Gasteiger partial charge in [-0.25, -0.2) is 4.98 Å². The number of rotatable bonds is 5. The maximum Gasteiger partial charge on any atom is 0.267 e. The van der Waals surface area contributed by atoms with Crippen LogP contribution in [-0.4, -0.2) is 18.0 Å². The molecule has 0 saturated heterocycles. The van der Waals surface area contributed by atoms with Gasteiger partial charge >= 0.3 is 0 Å². The van der Waals surface area contributed by atoms with E-state index in [1.54, 1.807) is 7.11 Å². The number of benzene rings is 3. The number of nitrogens with one attached hydrogen (secondary N) is 1. The van der Waals surface area contributed by atoms with E-state index in [9.17, 15) is 4.79 Å². The predicted octanol–water partition coefficient (Wildman–Crippen LogP) is 6.47. The molecule has 0 aliphatic carbocycles. The van der Waals surface area contributed by atoms with Crippen molar-refractivity contribution in [3.63, 3.8) is 0 Å². The van der Waals surface area contributed by atoms with Crippen LogP contribution in [0.4, 0.5) is 11.4 Å². The summed E-state index contributed by atoms with van der Waals surface area (Å²) >= 11 is 1.30. The van der Waals surface area contributed by atoms with Crippen LogP contribution in [0.3, 0.4) is 0 Å². The number of aromatic nitrogens is 1. The Hall–Kier alpha value is -4.16. The second kappa shape index (κ2) is 8.76. The highest BCUT2D eigenvalue weighted by Crippen LogP contribution is 2.41. The molecule has 3 aromatic carbocycles. The molecule has 0 aliphatic rings. The van der Waals surface area contributed by atoms with Crippen LogP contribution in [0.5, 0.6) is 5.75 Å². The van der Waals surface area contributed by atoms with E-state index < -0.39 is 0 Å². The average Bonchev–Trinajstić information content (AvgIpc) is 3.21. The van der Waals surface area contributed by atoms with Crippen LogP contribution in [0.25, 0.3) is 32.6 Å². The summed E-state index contributed by atoms with van der Waals surface area (Å²) in [6.45, 7) is 0. The Morgan fingerprint density at radius 3 is 2.24 bits per heavy atom. The van der Waals surface area contributed by atoms with Crippen LogP contribution in [0.15, 0.2) is 91.0 Å². The molecule has 5 rings (SSSR count). The smallest absolute Gasteiger partial charge is 0.267 e. The largest absolute Gasteiger partial charge is 0.497 e. The summed E-state index contributed by atoms with van der Waals surface area (Å²) in [5, 5.41) is 3.72. The van der Waals surface area contributed by atoms with Crippen molar-refractivity contribution in [1.82, 2.24) is 4.98 Å². The molecule has 0 aliphatic heterocycles. The van der Waals surface area contributed by atoms with Crippen LogP contribution in [-0.2, 0) is 0 Å². The molecule has 0 atom stereocenters. The SMILES string of the molecule is COc1ccc(-c2cc(-c3ccccc3)c3c(N)c(C(=O)Nc4ccccc4)sc3n2)cc1. The predicted molar refractivity (Wildman–Crippen MR) is 136 cm³/mol. The molecular weight excluding hydrogens is 430 g/mol. The first-order chi connectivity index (χ1) is 16.1. The van der Waals surface area contributed by atoms with Gasteiger partial charge in [0.15, 0.2) is 0 Å². The number of carbonyl (C=O) groups is 1. The van der Waals surface area contributed by atoms with Crippen molar-refractivity contribution in [3.8, 4) is 28.1 Å². The molecule has 0 unspecified atom stereocenters. The van der Waals surface area contributed by atoms with Gasteiger partial charge in [0.1, 0.15) is 15.5 Å². The van der Waals surface area contributed by atoms with Gasteiger partial charge in [0.25, 0.3) is 5.91 Å². The minimum Gasteiger partial charge on any atom is -0.497 e. The first kappa shape index (κ1) is 20.7. The highest BCUT2D eigenvalue weighted by molar-refractivity contribution is 7.21. The Balaban J connectivity index is 1.66. The first-order valence-corrected chi connectivity index (χ1v) is 11.2. The van der Waals surface area contributed by atoms with Crippen LogP contribution in [0, 0.1) is 0 Å². The zero-order chi connectivity index (χ0) is 22.8. The van der Waals surface area contributed by atoms with Gasteiger partial charge < -0.3 is 15.8 Å². The van der Waals surface area contributed by atoms with E-state index in [0.717, 1.165) is 44.0 Å². The number of para-hydroxylation sites is 1. The van der Waals surface area contributed by atoms with Gasteiger partial charge in [0.05, 0.1) is 18.5 Å². The van der Waals surface area contributed by atoms with Gasteiger partial charge in [-0.1, -0.05) is 48.5 Å². The number of thiophene rings is 1. The fraction of sp³-hybridized carbons (Fsp3) is 0.0370. The van der Waals surface area contributed by atoms with Crippen molar-refractivity contribution in [3.05, 3.63) is 95.9 Å².